The van der Waals surface area contributed by atoms with E-state index in [1.165, 1.54) is 0 Å². The Morgan fingerprint density at radius 3 is 2.89 bits per heavy atom. The molecule has 0 aliphatic carbocycles. The van der Waals surface area contributed by atoms with Crippen molar-refractivity contribution in [3.8, 4) is 5.75 Å². The monoisotopic (exact) mass is 258 g/mol. The van der Waals surface area contributed by atoms with Crippen LogP contribution in [-0.2, 0) is 0 Å². The van der Waals surface area contributed by atoms with Crippen LogP contribution in [0.4, 0.5) is 11.6 Å². The number of furan rings is 1. The van der Waals surface area contributed by atoms with Gasteiger partial charge < -0.3 is 9.52 Å². The van der Waals surface area contributed by atoms with E-state index in [2.05, 4.69) is 10.2 Å². The number of phenolic OH excluding ortho intramolecular Hbond substituents is 1. The predicted octanol–water partition coefficient (Wildman–Crippen LogP) is 4.92. The third kappa shape index (κ3) is 1.89. The van der Waals surface area contributed by atoms with E-state index in [1.54, 1.807) is 41.9 Å². The average molecular weight is 258 g/mol. The van der Waals surface area contributed by atoms with Gasteiger partial charge in [0.25, 0.3) is 0 Å². The summed E-state index contributed by atoms with van der Waals surface area (Å²) in [7, 11) is 0. The summed E-state index contributed by atoms with van der Waals surface area (Å²) in [5.41, 5.74) is 0.734. The average Bonchev–Trinajstić information content (AvgIpc) is 2.97. The molecule has 90 valence electrons. The molecular formula is C13H10N2O2S. The first kappa shape index (κ1) is 11.0. The van der Waals surface area contributed by atoms with Crippen molar-refractivity contribution in [3.05, 3.63) is 41.5 Å². The zero-order valence-electron chi connectivity index (χ0n) is 9.62. The molecule has 0 saturated carbocycles. The topological polar surface area (TPSA) is 58.1 Å². The fraction of sp³-hybridized carbons (Fsp3) is 0.0769. The minimum absolute atomic E-state index is 0.270. The van der Waals surface area contributed by atoms with Crippen LogP contribution < -0.4 is 0 Å². The third-order valence-corrected chi connectivity index (χ3v) is 3.60. The standard InChI is InChI=1S/C13H10N2O2S/c1-8-7-9-11(16)5-4-10(13(9)18-8)14-15-12-3-2-6-17-12/h2-7,16H,1H3. The van der Waals surface area contributed by atoms with Gasteiger partial charge in [-0.25, -0.2) is 0 Å². The Balaban J connectivity index is 2.09. The second kappa shape index (κ2) is 4.27. The third-order valence-electron chi connectivity index (χ3n) is 2.53. The highest BCUT2D eigenvalue weighted by molar-refractivity contribution is 7.19. The molecule has 0 atom stereocenters. The number of rotatable bonds is 2. The number of nitrogens with zero attached hydrogens (tertiary/aromatic N) is 2. The van der Waals surface area contributed by atoms with Crippen LogP contribution in [0.3, 0.4) is 0 Å². The minimum atomic E-state index is 0.270. The van der Waals surface area contributed by atoms with Crippen molar-refractivity contribution in [2.24, 2.45) is 10.2 Å². The molecule has 18 heavy (non-hydrogen) atoms. The minimum Gasteiger partial charge on any atom is -0.507 e. The van der Waals surface area contributed by atoms with Crippen LogP contribution >= 0.6 is 11.3 Å². The molecule has 0 amide bonds. The molecule has 4 nitrogen and oxygen atoms in total. The largest absolute Gasteiger partial charge is 0.507 e. The molecule has 0 fully saturated rings. The molecule has 1 aromatic carbocycles. The van der Waals surface area contributed by atoms with Gasteiger partial charge in [-0.05, 0) is 31.2 Å². The summed E-state index contributed by atoms with van der Waals surface area (Å²) >= 11 is 1.59. The lowest BCUT2D eigenvalue weighted by Crippen LogP contribution is -1.68. The highest BCUT2D eigenvalue weighted by Gasteiger charge is 2.08. The van der Waals surface area contributed by atoms with Crippen LogP contribution in [0.2, 0.25) is 0 Å². The lowest BCUT2D eigenvalue weighted by atomic mass is 10.2. The smallest absolute Gasteiger partial charge is 0.238 e. The predicted molar refractivity (Wildman–Crippen MR) is 71.1 cm³/mol. The zero-order valence-corrected chi connectivity index (χ0v) is 10.4. The van der Waals surface area contributed by atoms with Crippen molar-refractivity contribution in [2.45, 2.75) is 6.92 Å². The maximum Gasteiger partial charge on any atom is 0.238 e. The van der Waals surface area contributed by atoms with Crippen molar-refractivity contribution >= 4 is 33.0 Å². The summed E-state index contributed by atoms with van der Waals surface area (Å²) in [5, 5.41) is 18.8. The van der Waals surface area contributed by atoms with E-state index in [4.69, 9.17) is 4.42 Å². The number of phenols is 1. The van der Waals surface area contributed by atoms with E-state index in [0.29, 0.717) is 5.88 Å². The van der Waals surface area contributed by atoms with Gasteiger partial charge in [-0.2, -0.15) is 0 Å². The number of azo groups is 1. The van der Waals surface area contributed by atoms with Crippen LogP contribution in [0.25, 0.3) is 10.1 Å². The molecule has 0 bridgehead atoms. The molecule has 2 heterocycles. The van der Waals surface area contributed by atoms with Crippen LogP contribution in [0.1, 0.15) is 4.88 Å². The molecule has 0 radical (unpaired) electrons. The van der Waals surface area contributed by atoms with Gasteiger partial charge in [0.05, 0.1) is 11.0 Å². The molecule has 1 N–H and O–H groups in total. The zero-order chi connectivity index (χ0) is 12.5. The number of aryl methyl sites for hydroxylation is 1. The molecule has 0 unspecified atom stereocenters. The van der Waals surface area contributed by atoms with Gasteiger partial charge in [0.15, 0.2) is 0 Å². The number of fused-ring (bicyclic) bond motifs is 1. The lowest BCUT2D eigenvalue weighted by Gasteiger charge is -1.97. The van der Waals surface area contributed by atoms with E-state index >= 15 is 0 Å². The molecule has 2 aromatic heterocycles. The SMILES string of the molecule is Cc1cc2c(O)ccc(N=Nc3ccco3)c2s1. The van der Waals surface area contributed by atoms with E-state index < -0.39 is 0 Å². The Hall–Kier alpha value is -2.14. The highest BCUT2D eigenvalue weighted by atomic mass is 32.1. The molecule has 0 spiro atoms. The first-order chi connectivity index (χ1) is 8.74. The van der Waals surface area contributed by atoms with Crippen LogP contribution in [0.5, 0.6) is 5.75 Å². The van der Waals surface area contributed by atoms with Crippen LogP contribution in [-0.4, -0.2) is 5.11 Å². The molecule has 0 saturated heterocycles. The van der Waals surface area contributed by atoms with Crippen molar-refractivity contribution in [2.75, 3.05) is 0 Å². The Morgan fingerprint density at radius 1 is 1.22 bits per heavy atom. The first-order valence-electron chi connectivity index (χ1n) is 5.41. The van der Waals surface area contributed by atoms with E-state index in [9.17, 15) is 5.11 Å². The normalized spacial score (nSPS) is 11.6. The molecule has 5 heteroatoms. The summed E-state index contributed by atoms with van der Waals surface area (Å²) in [6, 6.07) is 8.82. The van der Waals surface area contributed by atoms with E-state index in [1.807, 2.05) is 13.0 Å². The maximum atomic E-state index is 9.78. The fourth-order valence-corrected chi connectivity index (χ4v) is 2.71. The second-order valence-electron chi connectivity index (χ2n) is 3.85. The first-order valence-corrected chi connectivity index (χ1v) is 6.23. The number of hydrogen-bond donors (Lipinski definition) is 1. The number of hydrogen-bond acceptors (Lipinski definition) is 5. The van der Waals surface area contributed by atoms with Gasteiger partial charge in [0, 0.05) is 16.3 Å². The Kier molecular flexibility index (Phi) is 2.60. The van der Waals surface area contributed by atoms with Gasteiger partial charge in [-0.3, -0.25) is 0 Å². The van der Waals surface area contributed by atoms with Gasteiger partial charge >= 0.3 is 0 Å². The van der Waals surface area contributed by atoms with Crippen molar-refractivity contribution in [3.63, 3.8) is 0 Å². The molecule has 3 rings (SSSR count). The van der Waals surface area contributed by atoms with Gasteiger partial charge in [0.1, 0.15) is 11.4 Å². The van der Waals surface area contributed by atoms with Crippen LogP contribution in [0.15, 0.2) is 51.2 Å². The molecular weight excluding hydrogens is 248 g/mol. The molecule has 3 aromatic rings. The summed E-state index contributed by atoms with van der Waals surface area (Å²) in [5.74, 6) is 0.732. The highest BCUT2D eigenvalue weighted by Crippen LogP contribution is 2.39. The van der Waals surface area contributed by atoms with Crippen molar-refractivity contribution < 1.29 is 9.52 Å². The maximum absolute atomic E-state index is 9.78. The van der Waals surface area contributed by atoms with Gasteiger partial charge in [-0.1, -0.05) is 0 Å². The summed E-state index contributed by atoms with van der Waals surface area (Å²) in [4.78, 5) is 1.13. The number of benzene rings is 1. The van der Waals surface area contributed by atoms with E-state index in [0.717, 1.165) is 20.7 Å². The summed E-state index contributed by atoms with van der Waals surface area (Å²) in [6.45, 7) is 2.00. The number of aromatic hydroxyl groups is 1. The molecule has 0 aliphatic heterocycles. The Bertz CT molecular complexity index is 714. The van der Waals surface area contributed by atoms with Crippen molar-refractivity contribution in [1.82, 2.24) is 0 Å². The Morgan fingerprint density at radius 2 is 2.11 bits per heavy atom. The number of thiophene rings is 1. The quantitative estimate of drug-likeness (QED) is 0.663. The second-order valence-corrected chi connectivity index (χ2v) is 5.11. The lowest BCUT2D eigenvalue weighted by molar-refractivity contribution is 0.482. The van der Waals surface area contributed by atoms with E-state index in [-0.39, 0.29) is 5.75 Å². The Labute approximate surface area is 107 Å². The van der Waals surface area contributed by atoms with Crippen molar-refractivity contribution in [1.29, 1.82) is 0 Å². The van der Waals surface area contributed by atoms with Gasteiger partial charge in [0.2, 0.25) is 5.88 Å². The summed E-state index contributed by atoms with van der Waals surface area (Å²) in [6.07, 6.45) is 1.55. The summed E-state index contributed by atoms with van der Waals surface area (Å²) < 4.78 is 6.02. The van der Waals surface area contributed by atoms with Gasteiger partial charge in [-0.15, -0.1) is 21.6 Å². The van der Waals surface area contributed by atoms with Crippen LogP contribution in [0, 0.1) is 6.92 Å². The molecule has 0 aliphatic rings. The fourth-order valence-electron chi connectivity index (χ4n) is 1.73.